The minimum atomic E-state index is -2.58. The summed E-state index contributed by atoms with van der Waals surface area (Å²) in [6.07, 6.45) is 4.60. The molecule has 0 spiro atoms. The van der Waals surface area contributed by atoms with Crippen LogP contribution in [0.25, 0.3) is 11.3 Å². The Balaban J connectivity index is 1.63. The molecule has 0 unspecified atom stereocenters. The number of alkyl halides is 2. The summed E-state index contributed by atoms with van der Waals surface area (Å²) in [7, 11) is 0. The summed E-state index contributed by atoms with van der Waals surface area (Å²) in [6, 6.07) is 3.82. The van der Waals surface area contributed by atoms with Crippen LogP contribution in [0.15, 0.2) is 18.3 Å². The van der Waals surface area contributed by atoms with Crippen molar-refractivity contribution in [2.75, 3.05) is 5.32 Å². The zero-order chi connectivity index (χ0) is 19.2. The minimum Gasteiger partial charge on any atom is -0.367 e. The average molecular weight is 378 g/mol. The Bertz CT molecular complexity index is 817. The average Bonchev–Trinajstić information content (AvgIpc) is 3.30. The Labute approximate surface area is 157 Å². The second-order valence-electron chi connectivity index (χ2n) is 8.11. The van der Waals surface area contributed by atoms with E-state index < -0.39 is 11.9 Å². The quantitative estimate of drug-likeness (QED) is 0.696. The number of hydrogen-bond donors (Lipinski definition) is 1. The van der Waals surface area contributed by atoms with Crippen LogP contribution in [0.4, 0.5) is 19.0 Å². The van der Waals surface area contributed by atoms with Crippen molar-refractivity contribution in [3.05, 3.63) is 29.8 Å². The van der Waals surface area contributed by atoms with Crippen LogP contribution in [0, 0.1) is 5.95 Å². The van der Waals surface area contributed by atoms with Gasteiger partial charge in [0.15, 0.2) is 0 Å². The summed E-state index contributed by atoms with van der Waals surface area (Å²) in [5.74, 6) is -2.45. The monoisotopic (exact) mass is 378 g/mol. The zero-order valence-corrected chi connectivity index (χ0v) is 15.7. The van der Waals surface area contributed by atoms with Crippen molar-refractivity contribution in [2.24, 2.45) is 0 Å². The third-order valence-corrected chi connectivity index (χ3v) is 5.48. The Morgan fingerprint density at radius 3 is 2.44 bits per heavy atom. The van der Waals surface area contributed by atoms with Gasteiger partial charge < -0.3 is 5.32 Å². The highest BCUT2D eigenvalue weighted by molar-refractivity contribution is 5.64. The van der Waals surface area contributed by atoms with Crippen LogP contribution in [0.2, 0.25) is 0 Å². The van der Waals surface area contributed by atoms with Gasteiger partial charge in [-0.2, -0.15) is 9.49 Å². The van der Waals surface area contributed by atoms with Crippen LogP contribution < -0.4 is 5.32 Å². The molecule has 0 radical (unpaired) electrons. The lowest BCUT2D eigenvalue weighted by molar-refractivity contribution is -0.0449. The maximum atomic E-state index is 14.7. The van der Waals surface area contributed by atoms with Crippen LogP contribution in [0.1, 0.15) is 69.9 Å². The number of pyridine rings is 1. The van der Waals surface area contributed by atoms with E-state index in [9.17, 15) is 13.2 Å². The van der Waals surface area contributed by atoms with Gasteiger partial charge in [0.25, 0.3) is 0 Å². The van der Waals surface area contributed by atoms with Crippen molar-refractivity contribution < 1.29 is 13.2 Å². The first kappa shape index (κ1) is 18.3. The van der Waals surface area contributed by atoms with Gasteiger partial charge in [-0.3, -0.25) is 4.68 Å². The molecule has 2 heterocycles. The predicted octanol–water partition coefficient (Wildman–Crippen LogP) is 5.53. The number of nitrogens with one attached hydrogen (secondary N) is 1. The first-order chi connectivity index (χ1) is 12.8. The lowest BCUT2D eigenvalue weighted by atomic mass is 9.92. The van der Waals surface area contributed by atoms with E-state index in [1.165, 1.54) is 0 Å². The number of nitrogens with zero attached hydrogens (tertiary/aromatic N) is 3. The second kappa shape index (κ2) is 6.84. The molecular weight excluding hydrogens is 353 g/mol. The Kier molecular flexibility index (Phi) is 4.64. The number of rotatable bonds is 5. The van der Waals surface area contributed by atoms with Gasteiger partial charge in [-0.15, -0.1) is 0 Å². The van der Waals surface area contributed by atoms with E-state index in [-0.39, 0.29) is 24.8 Å². The van der Waals surface area contributed by atoms with Gasteiger partial charge in [-0.05, 0) is 43.7 Å². The Hall–Kier alpha value is -2.05. The summed E-state index contributed by atoms with van der Waals surface area (Å²) in [5.41, 5.74) is 1.83. The molecule has 4 nitrogen and oxygen atoms in total. The maximum absolute atomic E-state index is 14.7. The predicted molar refractivity (Wildman–Crippen MR) is 98.6 cm³/mol. The number of halogens is 3. The Morgan fingerprint density at radius 1 is 1.15 bits per heavy atom. The molecule has 2 saturated carbocycles. The minimum absolute atomic E-state index is 0.0669. The normalized spacial score (nSPS) is 20.2. The molecule has 0 aromatic carbocycles. The highest BCUT2D eigenvalue weighted by atomic mass is 19.3. The SMILES string of the molecule is CC(C)c1cn(C2CCC(F)(F)CC2)nc1-c1ccc(NC2CC2)nc1F. The van der Waals surface area contributed by atoms with Crippen LogP contribution in [-0.2, 0) is 0 Å². The molecule has 0 saturated heterocycles. The van der Waals surface area contributed by atoms with Crippen molar-refractivity contribution in [1.29, 1.82) is 0 Å². The second-order valence-corrected chi connectivity index (χ2v) is 8.11. The molecule has 2 aliphatic rings. The summed E-state index contributed by atoms with van der Waals surface area (Å²) < 4.78 is 43.4. The van der Waals surface area contributed by atoms with Crippen LogP contribution in [-0.4, -0.2) is 26.7 Å². The van der Waals surface area contributed by atoms with Gasteiger partial charge in [0.1, 0.15) is 11.5 Å². The van der Waals surface area contributed by atoms with Crippen LogP contribution >= 0.6 is 0 Å². The lowest BCUT2D eigenvalue weighted by Crippen LogP contribution is -2.26. The van der Waals surface area contributed by atoms with Gasteiger partial charge in [-0.25, -0.2) is 13.8 Å². The fraction of sp³-hybridized carbons (Fsp3) is 0.600. The third kappa shape index (κ3) is 3.96. The summed E-state index contributed by atoms with van der Waals surface area (Å²) in [4.78, 5) is 4.04. The van der Waals surface area contributed by atoms with Crippen molar-refractivity contribution in [1.82, 2.24) is 14.8 Å². The largest absolute Gasteiger partial charge is 0.367 e. The summed E-state index contributed by atoms with van der Waals surface area (Å²) >= 11 is 0. The Morgan fingerprint density at radius 2 is 1.85 bits per heavy atom. The molecule has 0 aliphatic heterocycles. The molecule has 1 N–H and O–H groups in total. The highest BCUT2D eigenvalue weighted by Crippen LogP contribution is 2.40. The van der Waals surface area contributed by atoms with E-state index in [0.29, 0.717) is 36.0 Å². The molecule has 2 aliphatic carbocycles. The van der Waals surface area contributed by atoms with Crippen molar-refractivity contribution in [3.63, 3.8) is 0 Å². The van der Waals surface area contributed by atoms with Crippen LogP contribution in [0.3, 0.4) is 0 Å². The van der Waals surface area contributed by atoms with E-state index in [1.54, 1.807) is 16.8 Å². The molecule has 0 bridgehead atoms. The molecular formula is C20H25F3N4. The fourth-order valence-corrected chi connectivity index (χ4v) is 3.64. The standard InChI is InChI=1S/C20H25F3N4/c1-12(2)16-11-27(14-7-9-20(22,23)10-8-14)26-18(16)15-5-6-17(25-19(15)21)24-13-3-4-13/h5-6,11-14H,3-4,7-10H2,1-2H3,(H,24,25). The number of hydrogen-bond acceptors (Lipinski definition) is 3. The number of aromatic nitrogens is 3. The smallest absolute Gasteiger partial charge is 0.248 e. The highest BCUT2D eigenvalue weighted by Gasteiger charge is 2.36. The molecule has 4 rings (SSSR count). The maximum Gasteiger partial charge on any atom is 0.248 e. The van der Waals surface area contributed by atoms with Gasteiger partial charge in [-0.1, -0.05) is 13.8 Å². The summed E-state index contributed by atoms with van der Waals surface area (Å²) in [6.45, 7) is 4.04. The molecule has 27 heavy (non-hydrogen) atoms. The first-order valence-electron chi connectivity index (χ1n) is 9.73. The van der Waals surface area contributed by atoms with Gasteiger partial charge in [0, 0.05) is 30.6 Å². The molecule has 2 aromatic rings. The van der Waals surface area contributed by atoms with E-state index in [1.807, 2.05) is 20.0 Å². The molecule has 2 fully saturated rings. The van der Waals surface area contributed by atoms with E-state index in [2.05, 4.69) is 15.4 Å². The molecule has 0 amide bonds. The fourth-order valence-electron chi connectivity index (χ4n) is 3.64. The lowest BCUT2D eigenvalue weighted by Gasteiger charge is -2.28. The van der Waals surface area contributed by atoms with E-state index in [0.717, 1.165) is 18.4 Å². The van der Waals surface area contributed by atoms with E-state index in [4.69, 9.17) is 0 Å². The van der Waals surface area contributed by atoms with Gasteiger partial charge in [0.2, 0.25) is 11.9 Å². The van der Waals surface area contributed by atoms with E-state index >= 15 is 0 Å². The first-order valence-corrected chi connectivity index (χ1v) is 9.73. The zero-order valence-electron chi connectivity index (χ0n) is 15.7. The van der Waals surface area contributed by atoms with Crippen molar-refractivity contribution >= 4 is 5.82 Å². The summed E-state index contributed by atoms with van der Waals surface area (Å²) in [5, 5.41) is 7.80. The molecule has 7 heteroatoms. The van der Waals surface area contributed by atoms with Gasteiger partial charge in [0.05, 0.1) is 11.6 Å². The van der Waals surface area contributed by atoms with Crippen molar-refractivity contribution in [3.8, 4) is 11.3 Å². The van der Waals surface area contributed by atoms with Gasteiger partial charge >= 0.3 is 0 Å². The molecule has 146 valence electrons. The molecule has 2 aromatic heterocycles. The molecule has 0 atom stereocenters. The topological polar surface area (TPSA) is 42.7 Å². The van der Waals surface area contributed by atoms with Crippen LogP contribution in [0.5, 0.6) is 0 Å². The number of anilines is 1. The third-order valence-electron chi connectivity index (χ3n) is 5.48. The van der Waals surface area contributed by atoms with Crippen molar-refractivity contribution in [2.45, 2.75) is 76.3 Å².